The van der Waals surface area contributed by atoms with Crippen LogP contribution in [0.4, 0.5) is 5.69 Å². The highest BCUT2D eigenvalue weighted by Gasteiger charge is 2.24. The van der Waals surface area contributed by atoms with Crippen molar-refractivity contribution < 1.29 is 9.84 Å². The van der Waals surface area contributed by atoms with Crippen LogP contribution in [-0.4, -0.2) is 11.7 Å². The van der Waals surface area contributed by atoms with Crippen LogP contribution in [0.5, 0.6) is 11.5 Å². The fourth-order valence-electron chi connectivity index (χ4n) is 2.58. The second kappa shape index (κ2) is 5.45. The van der Waals surface area contributed by atoms with Crippen LogP contribution in [0.3, 0.4) is 0 Å². The van der Waals surface area contributed by atoms with Gasteiger partial charge in [0.15, 0.2) is 0 Å². The van der Waals surface area contributed by atoms with Gasteiger partial charge in [0.1, 0.15) is 18.1 Å². The molecule has 2 aromatic carbocycles. The van der Waals surface area contributed by atoms with Crippen molar-refractivity contribution in [2.24, 2.45) is 0 Å². The van der Waals surface area contributed by atoms with Gasteiger partial charge in [-0.2, -0.15) is 0 Å². The van der Waals surface area contributed by atoms with Crippen LogP contribution in [0.2, 0.25) is 0 Å². The fraction of sp³-hybridized carbons (Fsp3) is 0.294. The Labute approximate surface area is 119 Å². The highest BCUT2D eigenvalue weighted by molar-refractivity contribution is 5.52. The van der Waals surface area contributed by atoms with Crippen molar-refractivity contribution in [1.82, 2.24) is 0 Å². The Kier molecular flexibility index (Phi) is 3.50. The van der Waals surface area contributed by atoms with Crippen LogP contribution in [0.15, 0.2) is 42.5 Å². The maximum Gasteiger partial charge on any atom is 0.128 e. The summed E-state index contributed by atoms with van der Waals surface area (Å²) in [5, 5.41) is 12.9. The van der Waals surface area contributed by atoms with Gasteiger partial charge in [0.25, 0.3) is 0 Å². The number of benzene rings is 2. The van der Waals surface area contributed by atoms with E-state index in [-0.39, 0.29) is 11.8 Å². The van der Waals surface area contributed by atoms with Gasteiger partial charge in [0.05, 0.1) is 6.04 Å². The van der Waals surface area contributed by atoms with Crippen LogP contribution in [0.1, 0.15) is 30.5 Å². The molecule has 0 bridgehead atoms. The van der Waals surface area contributed by atoms with Gasteiger partial charge in [-0.15, -0.1) is 0 Å². The predicted molar refractivity (Wildman–Crippen MR) is 80.4 cm³/mol. The summed E-state index contributed by atoms with van der Waals surface area (Å²) in [6.07, 6.45) is 2.29. The number of ether oxygens (including phenoxy) is 1. The summed E-state index contributed by atoms with van der Waals surface area (Å²) in [6, 6.07) is 14.0. The zero-order valence-electron chi connectivity index (χ0n) is 11.6. The molecule has 1 aliphatic heterocycles. The Hall–Kier alpha value is -2.16. The van der Waals surface area contributed by atoms with Crippen molar-refractivity contribution in [2.45, 2.75) is 25.8 Å². The average molecular weight is 269 g/mol. The number of anilines is 1. The van der Waals surface area contributed by atoms with Gasteiger partial charge < -0.3 is 15.2 Å². The molecule has 0 spiro atoms. The molecule has 2 aromatic rings. The summed E-state index contributed by atoms with van der Waals surface area (Å²) < 4.78 is 5.60. The summed E-state index contributed by atoms with van der Waals surface area (Å²) in [6.45, 7) is 2.78. The Balaban J connectivity index is 1.73. The smallest absolute Gasteiger partial charge is 0.128 e. The summed E-state index contributed by atoms with van der Waals surface area (Å²) in [5.41, 5.74) is 3.56. The van der Waals surface area contributed by atoms with Crippen molar-refractivity contribution in [2.75, 3.05) is 11.9 Å². The maximum atomic E-state index is 9.45. The quantitative estimate of drug-likeness (QED) is 0.884. The van der Waals surface area contributed by atoms with E-state index in [1.54, 1.807) is 12.1 Å². The second-order valence-corrected chi connectivity index (χ2v) is 5.18. The Morgan fingerprint density at radius 2 is 2.00 bits per heavy atom. The zero-order chi connectivity index (χ0) is 13.9. The second-order valence-electron chi connectivity index (χ2n) is 5.18. The lowest BCUT2D eigenvalue weighted by molar-refractivity contribution is 0.338. The van der Waals surface area contributed by atoms with E-state index in [0.717, 1.165) is 23.4 Å². The lowest BCUT2D eigenvalue weighted by atomic mass is 10.1. The lowest BCUT2D eigenvalue weighted by Crippen LogP contribution is -2.11. The SMILES string of the molecule is CCCc1ccc(NC2COc3cc(O)ccc32)cc1. The lowest BCUT2D eigenvalue weighted by Gasteiger charge is -2.13. The van der Waals surface area contributed by atoms with Crippen LogP contribution >= 0.6 is 0 Å². The van der Waals surface area contributed by atoms with Crippen molar-refractivity contribution in [3.8, 4) is 11.5 Å². The van der Waals surface area contributed by atoms with E-state index in [0.29, 0.717) is 6.61 Å². The van der Waals surface area contributed by atoms with E-state index in [4.69, 9.17) is 4.74 Å². The van der Waals surface area contributed by atoms with Gasteiger partial charge in [-0.1, -0.05) is 25.5 Å². The number of phenols is 1. The van der Waals surface area contributed by atoms with Gasteiger partial charge in [-0.25, -0.2) is 0 Å². The van der Waals surface area contributed by atoms with Gasteiger partial charge in [0, 0.05) is 17.3 Å². The van der Waals surface area contributed by atoms with Crippen LogP contribution in [0.25, 0.3) is 0 Å². The minimum absolute atomic E-state index is 0.141. The highest BCUT2D eigenvalue weighted by atomic mass is 16.5. The van der Waals surface area contributed by atoms with E-state index in [1.165, 1.54) is 12.0 Å². The van der Waals surface area contributed by atoms with Gasteiger partial charge in [-0.05, 0) is 36.2 Å². The van der Waals surface area contributed by atoms with Crippen LogP contribution in [0, 0.1) is 0 Å². The van der Waals surface area contributed by atoms with E-state index in [9.17, 15) is 5.11 Å². The number of hydrogen-bond donors (Lipinski definition) is 2. The molecule has 1 heterocycles. The first-order valence-corrected chi connectivity index (χ1v) is 7.07. The normalized spacial score (nSPS) is 16.6. The number of aryl methyl sites for hydroxylation is 1. The predicted octanol–water partition coefficient (Wildman–Crippen LogP) is 3.89. The maximum absolute atomic E-state index is 9.45. The van der Waals surface area contributed by atoms with Gasteiger partial charge in [0.2, 0.25) is 0 Å². The summed E-state index contributed by atoms with van der Waals surface area (Å²) in [5.74, 6) is 1.01. The molecular formula is C17H19NO2. The topological polar surface area (TPSA) is 41.5 Å². The van der Waals surface area contributed by atoms with Crippen molar-refractivity contribution in [3.05, 3.63) is 53.6 Å². The summed E-state index contributed by atoms with van der Waals surface area (Å²) in [4.78, 5) is 0. The minimum Gasteiger partial charge on any atom is -0.508 e. The molecule has 0 amide bonds. The molecule has 0 saturated heterocycles. The van der Waals surface area contributed by atoms with E-state index in [2.05, 4.69) is 36.5 Å². The fourth-order valence-corrected chi connectivity index (χ4v) is 2.58. The van der Waals surface area contributed by atoms with Crippen molar-refractivity contribution in [3.63, 3.8) is 0 Å². The molecule has 3 nitrogen and oxygen atoms in total. The van der Waals surface area contributed by atoms with E-state index >= 15 is 0 Å². The first-order valence-electron chi connectivity index (χ1n) is 7.07. The minimum atomic E-state index is 0.141. The summed E-state index contributed by atoms with van der Waals surface area (Å²) in [7, 11) is 0. The molecule has 0 aromatic heterocycles. The van der Waals surface area contributed by atoms with E-state index in [1.807, 2.05) is 6.07 Å². The molecule has 0 saturated carbocycles. The molecule has 0 radical (unpaired) electrons. The molecule has 2 N–H and O–H groups in total. The largest absolute Gasteiger partial charge is 0.508 e. The van der Waals surface area contributed by atoms with Gasteiger partial charge >= 0.3 is 0 Å². The standard InChI is InChI=1S/C17H19NO2/c1-2-3-12-4-6-13(7-5-12)18-16-11-20-17-10-14(19)8-9-15(16)17/h4-10,16,18-19H,2-3,11H2,1H3. The number of rotatable bonds is 4. The van der Waals surface area contributed by atoms with Gasteiger partial charge in [-0.3, -0.25) is 0 Å². The zero-order valence-corrected chi connectivity index (χ0v) is 11.6. The van der Waals surface area contributed by atoms with Crippen molar-refractivity contribution >= 4 is 5.69 Å². The van der Waals surface area contributed by atoms with Crippen LogP contribution in [-0.2, 0) is 6.42 Å². The number of aromatic hydroxyl groups is 1. The number of fused-ring (bicyclic) bond motifs is 1. The number of nitrogens with one attached hydrogen (secondary N) is 1. The molecular weight excluding hydrogens is 250 g/mol. The van der Waals surface area contributed by atoms with E-state index < -0.39 is 0 Å². The molecule has 1 atom stereocenters. The monoisotopic (exact) mass is 269 g/mol. The van der Waals surface area contributed by atoms with Crippen molar-refractivity contribution in [1.29, 1.82) is 0 Å². The third kappa shape index (κ3) is 2.57. The van der Waals surface area contributed by atoms with Crippen LogP contribution < -0.4 is 10.1 Å². The third-order valence-corrected chi connectivity index (χ3v) is 3.61. The number of hydrogen-bond acceptors (Lipinski definition) is 3. The molecule has 20 heavy (non-hydrogen) atoms. The molecule has 3 rings (SSSR count). The first kappa shape index (κ1) is 12.9. The first-order chi connectivity index (χ1) is 9.76. The Morgan fingerprint density at radius 1 is 1.20 bits per heavy atom. The number of phenolic OH excluding ortho intramolecular Hbond substituents is 1. The average Bonchev–Trinajstić information content (AvgIpc) is 2.83. The Morgan fingerprint density at radius 3 is 2.75 bits per heavy atom. The molecule has 0 aliphatic carbocycles. The molecule has 3 heteroatoms. The molecule has 1 unspecified atom stereocenters. The summed E-state index contributed by atoms with van der Waals surface area (Å²) >= 11 is 0. The highest BCUT2D eigenvalue weighted by Crippen LogP contribution is 2.36. The molecule has 0 fully saturated rings. The molecule has 104 valence electrons. The Bertz CT molecular complexity index is 592. The third-order valence-electron chi connectivity index (χ3n) is 3.61. The molecule has 1 aliphatic rings.